The highest BCUT2D eigenvalue weighted by Crippen LogP contribution is 2.27. The van der Waals surface area contributed by atoms with Gasteiger partial charge in [0, 0.05) is 27.7 Å². The molecule has 0 radical (unpaired) electrons. The number of carbonyl (C=O) groups excluding carboxylic acids is 1. The van der Waals surface area contributed by atoms with E-state index in [1.807, 2.05) is 6.19 Å². The zero-order valence-electron chi connectivity index (χ0n) is 16.6. The van der Waals surface area contributed by atoms with Crippen LogP contribution in [0.1, 0.15) is 38.5 Å². The van der Waals surface area contributed by atoms with Gasteiger partial charge in [0.2, 0.25) is 0 Å². The summed E-state index contributed by atoms with van der Waals surface area (Å²) in [6.07, 6.45) is 8.79. The molecule has 8 heteroatoms. The normalized spacial score (nSPS) is 16.3. The third-order valence-corrected chi connectivity index (χ3v) is 6.65. The Morgan fingerprint density at radius 1 is 1.35 bits per heavy atom. The fraction of sp³-hybridized carbons (Fsp3) is 0.833. The van der Waals surface area contributed by atoms with Crippen LogP contribution in [0.2, 0.25) is 25.7 Å². The maximum atomic E-state index is 12.3. The number of likely N-dealkylation sites (N-methyl/N-ethyl adjacent to an activating group) is 1. The number of thiocarbonyl (C=S) groups is 1. The second-order valence-electron chi connectivity index (χ2n) is 8.45. The van der Waals surface area contributed by atoms with Gasteiger partial charge in [0.1, 0.15) is 0 Å². The lowest BCUT2D eigenvalue weighted by molar-refractivity contribution is 0.111. The van der Waals surface area contributed by atoms with E-state index in [2.05, 4.69) is 30.3 Å². The lowest BCUT2D eigenvalue weighted by atomic mass is 9.84. The maximum Gasteiger partial charge on any atom is 0.409 e. The zero-order chi connectivity index (χ0) is 19.6. The SMILES string of the molecule is CN(C[C@H](CC1CCCCC1)NC(=S)NC#N)C(=O)OCC[Si](C)(C)C. The van der Waals surface area contributed by atoms with Crippen molar-refractivity contribution in [1.82, 2.24) is 15.5 Å². The van der Waals surface area contributed by atoms with Crippen LogP contribution in [0.15, 0.2) is 0 Å². The molecule has 1 amide bonds. The molecular formula is C18H34N4O2SSi. The van der Waals surface area contributed by atoms with Crippen molar-refractivity contribution in [2.75, 3.05) is 20.2 Å². The van der Waals surface area contributed by atoms with Crippen LogP contribution >= 0.6 is 12.2 Å². The molecule has 0 saturated heterocycles. The Labute approximate surface area is 164 Å². The largest absolute Gasteiger partial charge is 0.450 e. The highest BCUT2D eigenvalue weighted by molar-refractivity contribution is 7.80. The molecule has 0 aromatic rings. The van der Waals surface area contributed by atoms with E-state index in [1.54, 1.807) is 11.9 Å². The summed E-state index contributed by atoms with van der Waals surface area (Å²) >= 11 is 5.15. The van der Waals surface area contributed by atoms with Gasteiger partial charge in [-0.25, -0.2) is 4.79 Å². The predicted octanol–water partition coefficient (Wildman–Crippen LogP) is 3.68. The number of nitriles is 1. The molecule has 6 nitrogen and oxygen atoms in total. The molecule has 1 aliphatic carbocycles. The molecule has 1 aliphatic rings. The minimum Gasteiger partial charge on any atom is -0.450 e. The van der Waals surface area contributed by atoms with E-state index >= 15 is 0 Å². The highest BCUT2D eigenvalue weighted by Gasteiger charge is 2.23. The Bertz CT molecular complexity index is 498. The van der Waals surface area contributed by atoms with Gasteiger partial charge < -0.3 is 15.0 Å². The standard InChI is InChI=1S/C18H34N4O2SSi/c1-22(18(23)24-10-11-26(2,3)4)13-16(21-17(25)20-14-19)12-15-8-6-5-7-9-15/h15-16H,5-13H2,1-4H3,(H2,20,21,25)/t16-/m0/s1. The molecule has 1 saturated carbocycles. The first-order chi connectivity index (χ1) is 12.2. The number of amides is 1. The maximum absolute atomic E-state index is 12.3. The van der Waals surface area contributed by atoms with Crippen LogP contribution in [0.5, 0.6) is 0 Å². The van der Waals surface area contributed by atoms with Crippen LogP contribution in [0.25, 0.3) is 0 Å². The van der Waals surface area contributed by atoms with Crippen molar-refractivity contribution in [3.8, 4) is 6.19 Å². The summed E-state index contributed by atoms with van der Waals surface area (Å²) in [5.41, 5.74) is 0. The Kier molecular flexibility index (Phi) is 9.95. The molecule has 0 unspecified atom stereocenters. The van der Waals surface area contributed by atoms with Gasteiger partial charge in [-0.15, -0.1) is 0 Å². The molecule has 1 atom stereocenters. The van der Waals surface area contributed by atoms with Crippen molar-refractivity contribution in [1.29, 1.82) is 5.26 Å². The summed E-state index contributed by atoms with van der Waals surface area (Å²) in [5.74, 6) is 0.641. The summed E-state index contributed by atoms with van der Waals surface area (Å²) in [7, 11) is 0.542. The van der Waals surface area contributed by atoms with Crippen LogP contribution in [0.3, 0.4) is 0 Å². The fourth-order valence-corrected chi connectivity index (χ4v) is 4.16. The van der Waals surface area contributed by atoms with Gasteiger partial charge in [-0.1, -0.05) is 51.7 Å². The monoisotopic (exact) mass is 398 g/mol. The molecule has 0 aliphatic heterocycles. The lowest BCUT2D eigenvalue weighted by Crippen LogP contribution is -2.48. The van der Waals surface area contributed by atoms with Crippen molar-refractivity contribution in [3.63, 3.8) is 0 Å². The van der Waals surface area contributed by atoms with Crippen molar-refractivity contribution >= 4 is 31.5 Å². The molecule has 0 aromatic heterocycles. The Morgan fingerprint density at radius 3 is 2.58 bits per heavy atom. The third kappa shape index (κ3) is 9.97. The van der Waals surface area contributed by atoms with E-state index in [-0.39, 0.29) is 12.1 Å². The van der Waals surface area contributed by atoms with Gasteiger partial charge in [0.15, 0.2) is 11.3 Å². The Morgan fingerprint density at radius 2 is 2.00 bits per heavy atom. The molecule has 1 rings (SSSR count). The van der Waals surface area contributed by atoms with E-state index in [4.69, 9.17) is 22.2 Å². The van der Waals surface area contributed by atoms with Crippen LogP contribution in [0.4, 0.5) is 4.79 Å². The molecule has 0 heterocycles. The molecular weight excluding hydrogens is 364 g/mol. The van der Waals surface area contributed by atoms with Crippen LogP contribution in [-0.2, 0) is 4.74 Å². The van der Waals surface area contributed by atoms with Crippen molar-refractivity contribution in [3.05, 3.63) is 0 Å². The van der Waals surface area contributed by atoms with Gasteiger partial charge in [0.05, 0.1) is 6.61 Å². The summed E-state index contributed by atoms with van der Waals surface area (Å²) in [6.45, 7) is 7.77. The molecule has 26 heavy (non-hydrogen) atoms. The molecule has 0 spiro atoms. The van der Waals surface area contributed by atoms with E-state index in [0.717, 1.165) is 12.5 Å². The minimum absolute atomic E-state index is 0.0148. The molecule has 0 aromatic carbocycles. The van der Waals surface area contributed by atoms with Gasteiger partial charge in [-0.2, -0.15) is 5.26 Å². The second-order valence-corrected chi connectivity index (χ2v) is 14.5. The number of nitrogens with one attached hydrogen (secondary N) is 2. The van der Waals surface area contributed by atoms with Gasteiger partial charge in [0.25, 0.3) is 0 Å². The molecule has 2 N–H and O–H groups in total. The Hall–Kier alpha value is -1.33. The first-order valence-electron chi connectivity index (χ1n) is 9.55. The third-order valence-electron chi connectivity index (χ3n) is 4.73. The number of hydrogen-bond acceptors (Lipinski definition) is 4. The lowest BCUT2D eigenvalue weighted by Gasteiger charge is -2.30. The minimum atomic E-state index is -1.22. The van der Waals surface area contributed by atoms with Gasteiger partial charge >= 0.3 is 6.09 Å². The second kappa shape index (κ2) is 11.4. The zero-order valence-corrected chi connectivity index (χ0v) is 18.5. The van der Waals surface area contributed by atoms with E-state index < -0.39 is 8.07 Å². The first-order valence-corrected chi connectivity index (χ1v) is 13.7. The van der Waals surface area contributed by atoms with Crippen LogP contribution in [0, 0.1) is 17.4 Å². The first kappa shape index (κ1) is 22.7. The summed E-state index contributed by atoms with van der Waals surface area (Å²) < 4.78 is 5.42. The number of carbonyl (C=O) groups is 1. The predicted molar refractivity (Wildman–Crippen MR) is 112 cm³/mol. The number of rotatable bonds is 8. The average molecular weight is 399 g/mol. The number of ether oxygens (including phenoxy) is 1. The fourth-order valence-electron chi connectivity index (χ4n) is 3.24. The van der Waals surface area contributed by atoms with Crippen LogP contribution in [-0.4, -0.2) is 50.4 Å². The topological polar surface area (TPSA) is 77.4 Å². The summed E-state index contributed by atoms with van der Waals surface area (Å²) in [4.78, 5) is 13.9. The summed E-state index contributed by atoms with van der Waals surface area (Å²) in [6, 6.07) is 0.980. The highest BCUT2D eigenvalue weighted by atomic mass is 32.1. The van der Waals surface area contributed by atoms with Crippen molar-refractivity contribution in [2.24, 2.45) is 5.92 Å². The van der Waals surface area contributed by atoms with E-state index in [0.29, 0.717) is 24.2 Å². The summed E-state index contributed by atoms with van der Waals surface area (Å²) in [5, 5.41) is 14.7. The van der Waals surface area contributed by atoms with Gasteiger partial charge in [-0.05, 0) is 30.6 Å². The van der Waals surface area contributed by atoms with E-state index in [1.165, 1.54) is 32.1 Å². The smallest absolute Gasteiger partial charge is 0.409 e. The average Bonchev–Trinajstić information content (AvgIpc) is 2.54. The molecule has 0 bridgehead atoms. The van der Waals surface area contributed by atoms with Crippen LogP contribution < -0.4 is 10.6 Å². The van der Waals surface area contributed by atoms with Crippen molar-refractivity contribution in [2.45, 2.75) is 70.3 Å². The van der Waals surface area contributed by atoms with Gasteiger partial charge in [-0.3, -0.25) is 5.32 Å². The number of hydrogen-bond donors (Lipinski definition) is 2. The molecule has 148 valence electrons. The number of nitrogens with zero attached hydrogens (tertiary/aromatic N) is 2. The quantitative estimate of drug-likeness (QED) is 0.281. The van der Waals surface area contributed by atoms with E-state index in [9.17, 15) is 4.79 Å². The molecule has 1 fully saturated rings. The Balaban J connectivity index is 2.54. The van der Waals surface area contributed by atoms with Crippen molar-refractivity contribution < 1.29 is 9.53 Å².